The Labute approximate surface area is 322 Å². The van der Waals surface area contributed by atoms with Gasteiger partial charge in [-0.3, -0.25) is 9.59 Å². The maximum Gasteiger partial charge on any atom is 1.00 e. The van der Waals surface area contributed by atoms with Gasteiger partial charge in [0.2, 0.25) is 0 Å². The fourth-order valence-electron chi connectivity index (χ4n) is 3.77. The quantitative estimate of drug-likeness (QED) is 0.128. The molecule has 2 aromatic carbocycles. The predicted octanol–water partition coefficient (Wildman–Crippen LogP) is -3.70. The van der Waals surface area contributed by atoms with Crippen molar-refractivity contribution in [1.29, 1.82) is 0 Å². The van der Waals surface area contributed by atoms with Crippen molar-refractivity contribution in [1.82, 2.24) is 0 Å². The Morgan fingerprint density at radius 3 is 1.71 bits per heavy atom. The van der Waals surface area contributed by atoms with Crippen molar-refractivity contribution < 1.29 is 138 Å². The first-order valence-electron chi connectivity index (χ1n) is 11.2. The van der Waals surface area contributed by atoms with E-state index in [1.165, 1.54) is 30.3 Å². The van der Waals surface area contributed by atoms with Gasteiger partial charge in [-0.1, -0.05) is 24.3 Å². The monoisotopic (exact) mass is 646 g/mol. The van der Waals surface area contributed by atoms with Crippen LogP contribution < -0.4 is 113 Å². The van der Waals surface area contributed by atoms with Crippen LogP contribution >= 0.6 is 0 Å². The van der Waals surface area contributed by atoms with Crippen molar-refractivity contribution in [3.8, 4) is 0 Å². The predicted molar refractivity (Wildman–Crippen MR) is 140 cm³/mol. The van der Waals surface area contributed by atoms with Gasteiger partial charge in [-0.15, -0.1) is 0 Å². The SMILES string of the molecule is CC1=NN(c2ccc(S(=O)(=O)[O-])cc2)C(=O)C1=CC=CC=CC1C(=O)N(c2ccc(S(=O)(=O)[O-])cc2)N=C1C.[K+].[K+]. The summed E-state index contributed by atoms with van der Waals surface area (Å²) in [5.41, 5.74) is 1.83. The zero-order valence-corrected chi connectivity index (χ0v) is 30.3. The van der Waals surface area contributed by atoms with Crippen LogP contribution in [0.5, 0.6) is 0 Å². The maximum absolute atomic E-state index is 12.8. The molecular formula is C25H20K2N4O8S2. The van der Waals surface area contributed by atoms with Gasteiger partial charge in [0, 0.05) is 0 Å². The number of benzene rings is 2. The van der Waals surface area contributed by atoms with E-state index >= 15 is 0 Å². The van der Waals surface area contributed by atoms with Crippen LogP contribution in [0.4, 0.5) is 11.4 Å². The average Bonchev–Trinajstić information content (AvgIpc) is 3.32. The van der Waals surface area contributed by atoms with E-state index in [2.05, 4.69) is 10.2 Å². The van der Waals surface area contributed by atoms with Crippen molar-refractivity contribution in [2.75, 3.05) is 10.0 Å². The van der Waals surface area contributed by atoms with Crippen LogP contribution in [-0.2, 0) is 29.8 Å². The Kier molecular flexibility index (Phi) is 13.0. The molecule has 0 radical (unpaired) electrons. The van der Waals surface area contributed by atoms with Crippen molar-refractivity contribution in [2.45, 2.75) is 23.6 Å². The first-order chi connectivity index (χ1) is 18.3. The van der Waals surface area contributed by atoms with E-state index in [9.17, 15) is 35.5 Å². The number of amides is 2. The van der Waals surface area contributed by atoms with Gasteiger partial charge in [0.05, 0.1) is 44.1 Å². The van der Waals surface area contributed by atoms with Crippen LogP contribution in [0.15, 0.2) is 104 Å². The Morgan fingerprint density at radius 2 is 1.22 bits per heavy atom. The summed E-state index contributed by atoms with van der Waals surface area (Å²) in [5, 5.41) is 10.6. The van der Waals surface area contributed by atoms with Gasteiger partial charge in [0.25, 0.3) is 11.8 Å². The molecule has 1 unspecified atom stereocenters. The second-order valence-electron chi connectivity index (χ2n) is 8.42. The minimum absolute atomic E-state index is 0. The molecule has 2 aliphatic heterocycles. The Balaban J connectivity index is 0.00000294. The van der Waals surface area contributed by atoms with E-state index in [1.807, 2.05) is 0 Å². The van der Waals surface area contributed by atoms with Gasteiger partial charge >= 0.3 is 103 Å². The summed E-state index contributed by atoms with van der Waals surface area (Å²) in [4.78, 5) is 24.8. The number of rotatable bonds is 7. The molecule has 0 N–H and O–H groups in total. The van der Waals surface area contributed by atoms with Gasteiger partial charge in [-0.25, -0.2) is 16.8 Å². The van der Waals surface area contributed by atoms with Crippen LogP contribution in [0.3, 0.4) is 0 Å². The van der Waals surface area contributed by atoms with Crippen LogP contribution in [0.1, 0.15) is 13.8 Å². The summed E-state index contributed by atoms with van der Waals surface area (Å²) in [6, 6.07) is 9.69. The summed E-state index contributed by atoms with van der Waals surface area (Å²) >= 11 is 0. The Bertz CT molecular complexity index is 1720. The van der Waals surface area contributed by atoms with Crippen molar-refractivity contribution in [3.05, 3.63) is 84.5 Å². The molecule has 2 amide bonds. The fourth-order valence-corrected chi connectivity index (χ4v) is 4.71. The summed E-state index contributed by atoms with van der Waals surface area (Å²) < 4.78 is 66.6. The molecule has 2 aromatic rings. The van der Waals surface area contributed by atoms with Crippen molar-refractivity contribution >= 4 is 54.8 Å². The largest absolute Gasteiger partial charge is 1.00 e. The average molecular weight is 647 g/mol. The third-order valence-corrected chi connectivity index (χ3v) is 7.47. The standard InChI is InChI=1S/C25H22N4O8S2.2K/c1-16-22(24(30)28(26-16)18-8-12-20(13-9-18)38(32,33)34)6-4-3-5-7-23-17(2)27-29(25(23)31)19-10-14-21(15-11-19)39(35,36)37;;/h3-15,22H,1-2H3,(H,32,33,34)(H,35,36,37);;/q;2*+1/p-2. The molecule has 0 aromatic heterocycles. The molecule has 2 aliphatic rings. The molecule has 0 saturated carbocycles. The maximum atomic E-state index is 12.8. The topological polar surface area (TPSA) is 180 Å². The number of allylic oxidation sites excluding steroid dienone is 4. The minimum Gasteiger partial charge on any atom is -0.744 e. The van der Waals surface area contributed by atoms with E-state index in [1.54, 1.807) is 38.2 Å². The molecule has 16 heteroatoms. The molecular weight excluding hydrogens is 627 g/mol. The first kappa shape index (κ1) is 36.2. The van der Waals surface area contributed by atoms with Gasteiger partial charge in [0.1, 0.15) is 20.2 Å². The van der Waals surface area contributed by atoms with Gasteiger partial charge in [0.15, 0.2) is 0 Å². The number of carbonyl (C=O) groups is 2. The molecule has 2 heterocycles. The molecule has 202 valence electrons. The van der Waals surface area contributed by atoms with Crippen LogP contribution in [0.25, 0.3) is 0 Å². The number of nitrogens with zero attached hydrogens (tertiary/aromatic N) is 4. The molecule has 0 aliphatic carbocycles. The number of carbonyl (C=O) groups excluding carboxylic acids is 2. The summed E-state index contributed by atoms with van der Waals surface area (Å²) in [7, 11) is -9.22. The number of hydrazone groups is 2. The van der Waals surface area contributed by atoms with E-state index in [0.717, 1.165) is 34.3 Å². The fraction of sp³-hybridized carbons (Fsp3) is 0.120. The molecule has 41 heavy (non-hydrogen) atoms. The van der Waals surface area contributed by atoms with Crippen LogP contribution in [0, 0.1) is 5.92 Å². The molecule has 0 bridgehead atoms. The van der Waals surface area contributed by atoms with Gasteiger partial charge in [-0.05, 0) is 68.5 Å². The summed E-state index contributed by atoms with van der Waals surface area (Å²) in [5.74, 6) is -1.48. The van der Waals surface area contributed by atoms with Crippen LogP contribution in [0.2, 0.25) is 0 Å². The molecule has 1 atom stereocenters. The Hall–Kier alpha value is -0.967. The van der Waals surface area contributed by atoms with E-state index < -0.39 is 41.9 Å². The minimum atomic E-state index is -4.61. The number of hydrogen-bond donors (Lipinski definition) is 0. The van der Waals surface area contributed by atoms with Crippen LogP contribution in [-0.4, -0.2) is 49.2 Å². The third kappa shape index (κ3) is 8.57. The molecule has 12 nitrogen and oxygen atoms in total. The van der Waals surface area contributed by atoms with Crippen molar-refractivity contribution in [3.63, 3.8) is 0 Å². The first-order valence-corrected chi connectivity index (χ1v) is 14.1. The normalized spacial score (nSPS) is 18.6. The van der Waals surface area contributed by atoms with Gasteiger partial charge in [-0.2, -0.15) is 20.2 Å². The Morgan fingerprint density at radius 1 is 0.732 bits per heavy atom. The molecule has 0 spiro atoms. The summed E-state index contributed by atoms with van der Waals surface area (Å²) in [6.45, 7) is 3.30. The number of anilines is 2. The van der Waals surface area contributed by atoms with E-state index in [-0.39, 0.29) is 109 Å². The van der Waals surface area contributed by atoms with Crippen molar-refractivity contribution in [2.24, 2.45) is 16.1 Å². The van der Waals surface area contributed by atoms with E-state index in [4.69, 9.17) is 0 Å². The number of hydrogen-bond acceptors (Lipinski definition) is 10. The van der Waals surface area contributed by atoms with Gasteiger partial charge < -0.3 is 9.11 Å². The molecule has 0 fully saturated rings. The second kappa shape index (κ2) is 14.7. The summed E-state index contributed by atoms with van der Waals surface area (Å²) in [6.07, 6.45) is 7.96. The van der Waals surface area contributed by atoms with E-state index in [0.29, 0.717) is 28.4 Å². The second-order valence-corrected chi connectivity index (χ2v) is 11.2. The zero-order valence-electron chi connectivity index (χ0n) is 22.5. The zero-order chi connectivity index (χ0) is 28.5. The third-order valence-electron chi connectivity index (χ3n) is 5.77. The smallest absolute Gasteiger partial charge is 0.744 e. The molecule has 4 rings (SSSR count). The molecule has 0 saturated heterocycles.